The van der Waals surface area contributed by atoms with E-state index in [1.807, 2.05) is 6.07 Å². The third kappa shape index (κ3) is 3.24. The first kappa shape index (κ1) is 14.1. The predicted octanol–water partition coefficient (Wildman–Crippen LogP) is 5.21. The van der Waals surface area contributed by atoms with Crippen LogP contribution in [-0.4, -0.2) is 4.98 Å². The van der Waals surface area contributed by atoms with E-state index in [0.717, 1.165) is 17.2 Å². The predicted molar refractivity (Wildman–Crippen MR) is 92.1 cm³/mol. The maximum atomic E-state index is 4.66. The Morgan fingerprint density at radius 3 is 2.52 bits per heavy atom. The molecule has 1 N–H and O–H groups in total. The molecule has 3 aromatic rings. The van der Waals surface area contributed by atoms with Crippen molar-refractivity contribution < 1.29 is 0 Å². The van der Waals surface area contributed by atoms with Crippen molar-refractivity contribution in [3.8, 4) is 0 Å². The highest BCUT2D eigenvalue weighted by atomic mass is 32.1. The zero-order valence-corrected chi connectivity index (χ0v) is 13.5. The molecule has 0 bridgehead atoms. The third-order valence-electron chi connectivity index (χ3n) is 3.54. The Balaban J connectivity index is 1.81. The Hall–Kier alpha value is -1.87. The molecule has 0 radical (unpaired) electrons. The second kappa shape index (κ2) is 5.49. The molecule has 0 saturated carbocycles. The van der Waals surface area contributed by atoms with Crippen LogP contribution >= 0.6 is 11.3 Å². The van der Waals surface area contributed by atoms with Gasteiger partial charge in [0.15, 0.2) is 5.13 Å². The van der Waals surface area contributed by atoms with Gasteiger partial charge in [-0.3, -0.25) is 0 Å². The Morgan fingerprint density at radius 2 is 1.81 bits per heavy atom. The highest BCUT2D eigenvalue weighted by Crippen LogP contribution is 2.31. The van der Waals surface area contributed by atoms with Gasteiger partial charge in [0.2, 0.25) is 0 Å². The van der Waals surface area contributed by atoms with Gasteiger partial charge in [0.1, 0.15) is 0 Å². The number of fused-ring (bicyclic) bond motifs is 1. The third-order valence-corrected chi connectivity index (χ3v) is 4.52. The van der Waals surface area contributed by atoms with E-state index in [1.165, 1.54) is 15.8 Å². The second-order valence-corrected chi connectivity index (χ2v) is 7.32. The van der Waals surface area contributed by atoms with Crippen molar-refractivity contribution in [2.75, 3.05) is 5.32 Å². The van der Waals surface area contributed by atoms with Gasteiger partial charge in [-0.1, -0.05) is 68.5 Å². The fraction of sp³-hybridized carbons (Fsp3) is 0.278. The molecule has 0 aliphatic rings. The van der Waals surface area contributed by atoms with Crippen molar-refractivity contribution in [2.24, 2.45) is 0 Å². The van der Waals surface area contributed by atoms with E-state index in [1.54, 1.807) is 11.3 Å². The summed E-state index contributed by atoms with van der Waals surface area (Å²) in [6, 6.07) is 17.0. The number of nitrogens with one attached hydrogen (secondary N) is 1. The molecular formula is C18H20N2S. The number of thiazole rings is 1. The van der Waals surface area contributed by atoms with Crippen molar-refractivity contribution in [1.82, 2.24) is 4.98 Å². The van der Waals surface area contributed by atoms with Crippen molar-refractivity contribution in [2.45, 2.75) is 32.7 Å². The molecule has 0 aliphatic heterocycles. The Labute approximate surface area is 129 Å². The van der Waals surface area contributed by atoms with E-state index in [4.69, 9.17) is 0 Å². The molecule has 0 atom stereocenters. The van der Waals surface area contributed by atoms with E-state index in [2.05, 4.69) is 73.5 Å². The van der Waals surface area contributed by atoms with Crippen LogP contribution in [0.5, 0.6) is 0 Å². The summed E-state index contributed by atoms with van der Waals surface area (Å²) < 4.78 is 1.25. The van der Waals surface area contributed by atoms with Crippen LogP contribution in [-0.2, 0) is 12.0 Å². The van der Waals surface area contributed by atoms with Gasteiger partial charge in [-0.15, -0.1) is 0 Å². The van der Waals surface area contributed by atoms with Crippen molar-refractivity contribution in [3.63, 3.8) is 0 Å². The first-order valence-corrected chi connectivity index (χ1v) is 8.03. The summed E-state index contributed by atoms with van der Waals surface area (Å²) in [5.74, 6) is 0. The zero-order valence-electron chi connectivity index (χ0n) is 12.7. The largest absolute Gasteiger partial charge is 0.357 e. The number of benzene rings is 2. The molecular weight excluding hydrogens is 276 g/mol. The highest BCUT2D eigenvalue weighted by Gasteiger charge is 2.15. The summed E-state index contributed by atoms with van der Waals surface area (Å²) in [4.78, 5) is 4.66. The lowest BCUT2D eigenvalue weighted by atomic mass is 9.87. The quantitative estimate of drug-likeness (QED) is 0.718. The summed E-state index contributed by atoms with van der Waals surface area (Å²) in [6.45, 7) is 7.53. The van der Waals surface area contributed by atoms with E-state index in [-0.39, 0.29) is 5.41 Å². The van der Waals surface area contributed by atoms with Gasteiger partial charge in [-0.2, -0.15) is 0 Å². The molecule has 0 amide bonds. The minimum atomic E-state index is 0.176. The fourth-order valence-electron chi connectivity index (χ4n) is 2.24. The zero-order chi connectivity index (χ0) is 14.9. The summed E-state index contributed by atoms with van der Waals surface area (Å²) in [5, 5.41) is 4.40. The first-order valence-electron chi connectivity index (χ1n) is 7.21. The topological polar surface area (TPSA) is 24.9 Å². The van der Waals surface area contributed by atoms with Gasteiger partial charge in [0.25, 0.3) is 0 Å². The molecule has 3 heteroatoms. The van der Waals surface area contributed by atoms with Crippen LogP contribution in [0, 0.1) is 0 Å². The van der Waals surface area contributed by atoms with E-state index >= 15 is 0 Å². The van der Waals surface area contributed by atoms with Crippen LogP contribution in [0.1, 0.15) is 31.9 Å². The number of rotatable bonds is 3. The van der Waals surface area contributed by atoms with Crippen LogP contribution in [0.2, 0.25) is 0 Å². The molecule has 1 aromatic heterocycles. The van der Waals surface area contributed by atoms with E-state index < -0.39 is 0 Å². The van der Waals surface area contributed by atoms with Crippen molar-refractivity contribution in [3.05, 3.63) is 59.7 Å². The molecule has 108 valence electrons. The van der Waals surface area contributed by atoms with Crippen LogP contribution in [0.25, 0.3) is 10.2 Å². The van der Waals surface area contributed by atoms with Gasteiger partial charge in [0, 0.05) is 6.54 Å². The summed E-state index contributed by atoms with van der Waals surface area (Å²) in [7, 11) is 0. The summed E-state index contributed by atoms with van der Waals surface area (Å²) in [6.07, 6.45) is 0. The number of nitrogens with zero attached hydrogens (tertiary/aromatic N) is 1. The lowest BCUT2D eigenvalue weighted by Gasteiger charge is -2.18. The standard InChI is InChI=1S/C18H20N2S/c1-18(2,3)14-9-10-15-16(11-14)21-17(20-15)19-12-13-7-5-4-6-8-13/h4-11H,12H2,1-3H3,(H,19,20). The number of anilines is 1. The fourth-order valence-corrected chi connectivity index (χ4v) is 3.14. The molecule has 2 aromatic carbocycles. The second-order valence-electron chi connectivity index (χ2n) is 6.29. The maximum absolute atomic E-state index is 4.66. The van der Waals surface area contributed by atoms with E-state index in [0.29, 0.717) is 0 Å². The van der Waals surface area contributed by atoms with E-state index in [9.17, 15) is 0 Å². The van der Waals surface area contributed by atoms with Crippen LogP contribution in [0.15, 0.2) is 48.5 Å². The molecule has 1 heterocycles. The van der Waals surface area contributed by atoms with Gasteiger partial charge in [0.05, 0.1) is 10.2 Å². The molecule has 0 fully saturated rings. The van der Waals surface area contributed by atoms with Gasteiger partial charge < -0.3 is 5.32 Å². The monoisotopic (exact) mass is 296 g/mol. The lowest BCUT2D eigenvalue weighted by Crippen LogP contribution is -2.10. The van der Waals surface area contributed by atoms with Gasteiger partial charge in [-0.25, -0.2) is 4.98 Å². The minimum absolute atomic E-state index is 0.176. The maximum Gasteiger partial charge on any atom is 0.184 e. The number of hydrogen-bond donors (Lipinski definition) is 1. The average Bonchev–Trinajstić information content (AvgIpc) is 2.87. The van der Waals surface area contributed by atoms with Crippen molar-refractivity contribution in [1.29, 1.82) is 0 Å². The number of aromatic nitrogens is 1. The summed E-state index contributed by atoms with van der Waals surface area (Å²) in [5.41, 5.74) is 3.87. The molecule has 0 aliphatic carbocycles. The smallest absolute Gasteiger partial charge is 0.184 e. The molecule has 3 rings (SSSR count). The molecule has 0 spiro atoms. The summed E-state index contributed by atoms with van der Waals surface area (Å²) >= 11 is 1.72. The molecule has 0 unspecified atom stereocenters. The Kier molecular flexibility index (Phi) is 3.68. The highest BCUT2D eigenvalue weighted by molar-refractivity contribution is 7.22. The Morgan fingerprint density at radius 1 is 1.05 bits per heavy atom. The molecule has 21 heavy (non-hydrogen) atoms. The van der Waals surface area contributed by atoms with Crippen LogP contribution in [0.3, 0.4) is 0 Å². The first-order chi connectivity index (χ1) is 10.0. The van der Waals surface area contributed by atoms with Gasteiger partial charge >= 0.3 is 0 Å². The molecule has 0 saturated heterocycles. The minimum Gasteiger partial charge on any atom is -0.357 e. The van der Waals surface area contributed by atoms with Gasteiger partial charge in [-0.05, 0) is 28.7 Å². The Bertz CT molecular complexity index is 739. The lowest BCUT2D eigenvalue weighted by molar-refractivity contribution is 0.591. The number of hydrogen-bond acceptors (Lipinski definition) is 3. The SMILES string of the molecule is CC(C)(C)c1ccc2nc(NCc3ccccc3)sc2c1. The van der Waals surface area contributed by atoms with Crippen molar-refractivity contribution >= 4 is 26.7 Å². The normalized spacial score (nSPS) is 11.8. The average molecular weight is 296 g/mol. The molecule has 2 nitrogen and oxygen atoms in total. The van der Waals surface area contributed by atoms with Crippen LogP contribution < -0.4 is 5.32 Å². The van der Waals surface area contributed by atoms with Crippen LogP contribution in [0.4, 0.5) is 5.13 Å².